The Bertz CT molecular complexity index is 1380. The molecule has 2 heterocycles. The second-order valence-corrected chi connectivity index (χ2v) is 8.45. The normalized spacial score (nSPS) is 12.0. The number of hydrogen-bond acceptors (Lipinski definition) is 5. The molecule has 0 aliphatic heterocycles. The summed E-state index contributed by atoms with van der Waals surface area (Å²) in [6, 6.07) is 9.62. The minimum Gasteiger partial charge on any atom is -0.350 e. The number of hydrogen-bond donors (Lipinski definition) is 1. The predicted molar refractivity (Wildman–Crippen MR) is 141 cm³/mol. The van der Waals surface area contributed by atoms with Gasteiger partial charge in [0, 0.05) is 47.2 Å². The molecule has 0 amide bonds. The highest BCUT2D eigenvalue weighted by molar-refractivity contribution is 8.02. The largest absolute Gasteiger partial charge is 0.350 e. The van der Waals surface area contributed by atoms with Crippen LogP contribution in [0.4, 0.5) is 5.69 Å². The Morgan fingerprint density at radius 1 is 1.15 bits per heavy atom. The van der Waals surface area contributed by atoms with Gasteiger partial charge >= 0.3 is 0 Å². The van der Waals surface area contributed by atoms with E-state index < -0.39 is 0 Å². The number of nitrogens with zero attached hydrogens (tertiary/aromatic N) is 2. The SMILES string of the molecule is C=C/C=C(\C=C)C(=O)/C=C(/Nc1ccc(C)c(-c2cc3cnc(C)cc3n(C)c2=O)c1)SC. The number of aromatic nitrogens is 2. The maximum atomic E-state index is 13.2. The minimum absolute atomic E-state index is 0.0747. The fraction of sp³-hybridized carbons (Fsp3) is 0.148. The number of carbonyl (C=O) groups is 1. The number of rotatable bonds is 8. The molecule has 0 aliphatic carbocycles. The van der Waals surface area contributed by atoms with Gasteiger partial charge in [0.05, 0.1) is 10.5 Å². The summed E-state index contributed by atoms with van der Waals surface area (Å²) >= 11 is 1.42. The highest BCUT2D eigenvalue weighted by Gasteiger charge is 2.13. The second kappa shape index (κ2) is 10.3. The zero-order valence-corrected chi connectivity index (χ0v) is 20.1. The molecule has 5 nitrogen and oxygen atoms in total. The fourth-order valence-electron chi connectivity index (χ4n) is 3.52. The fourth-order valence-corrected chi connectivity index (χ4v) is 3.96. The molecular formula is C27H27N3O2S. The Balaban J connectivity index is 2.04. The molecule has 3 rings (SSSR count). The summed E-state index contributed by atoms with van der Waals surface area (Å²) in [5, 5.41) is 4.87. The average Bonchev–Trinajstić information content (AvgIpc) is 2.80. The van der Waals surface area contributed by atoms with Crippen molar-refractivity contribution in [1.29, 1.82) is 0 Å². The highest BCUT2D eigenvalue weighted by atomic mass is 32.2. The topological polar surface area (TPSA) is 64.0 Å². The van der Waals surface area contributed by atoms with Crippen LogP contribution >= 0.6 is 11.8 Å². The second-order valence-electron chi connectivity index (χ2n) is 7.60. The zero-order valence-electron chi connectivity index (χ0n) is 19.3. The van der Waals surface area contributed by atoms with Crippen LogP contribution in [0.5, 0.6) is 0 Å². The van der Waals surface area contributed by atoms with Gasteiger partial charge in [-0.05, 0) is 55.5 Å². The van der Waals surface area contributed by atoms with E-state index in [4.69, 9.17) is 0 Å². The van der Waals surface area contributed by atoms with E-state index in [1.807, 2.05) is 50.4 Å². The lowest BCUT2D eigenvalue weighted by Gasteiger charge is -2.14. The van der Waals surface area contributed by atoms with Gasteiger partial charge in [0.25, 0.3) is 5.56 Å². The van der Waals surface area contributed by atoms with Crippen LogP contribution in [0, 0.1) is 13.8 Å². The number of benzene rings is 1. The summed E-state index contributed by atoms with van der Waals surface area (Å²) in [5.41, 5.74) is 5.28. The van der Waals surface area contributed by atoms with E-state index in [1.165, 1.54) is 23.9 Å². The molecule has 0 radical (unpaired) electrons. The quantitative estimate of drug-likeness (QED) is 0.347. The Morgan fingerprint density at radius 2 is 1.91 bits per heavy atom. The van der Waals surface area contributed by atoms with Crippen LogP contribution in [-0.2, 0) is 11.8 Å². The first-order valence-electron chi connectivity index (χ1n) is 10.4. The van der Waals surface area contributed by atoms with Gasteiger partial charge < -0.3 is 9.88 Å². The molecule has 1 N–H and O–H groups in total. The molecule has 0 unspecified atom stereocenters. The standard InChI is InChI=1S/C27H27N3O2S/c1-7-9-19(8-2)25(31)15-26(33-6)29-21-11-10-17(3)22(14-21)23-13-20-16-28-18(4)12-24(20)30(5)27(23)32/h7-16,29H,1-2H2,3-6H3/b19-9+,26-15-. The van der Waals surface area contributed by atoms with Gasteiger partial charge in [-0.25, -0.2) is 0 Å². The monoisotopic (exact) mass is 457 g/mol. The molecule has 0 saturated carbocycles. The molecule has 0 saturated heterocycles. The van der Waals surface area contributed by atoms with Crippen molar-refractivity contribution < 1.29 is 4.79 Å². The third-order valence-electron chi connectivity index (χ3n) is 5.32. The van der Waals surface area contributed by atoms with Crippen molar-refractivity contribution in [2.45, 2.75) is 13.8 Å². The van der Waals surface area contributed by atoms with E-state index in [0.29, 0.717) is 16.2 Å². The van der Waals surface area contributed by atoms with Gasteiger partial charge in [-0.1, -0.05) is 37.5 Å². The molecule has 0 spiro atoms. The number of allylic oxidation sites excluding steroid dienone is 5. The summed E-state index contributed by atoms with van der Waals surface area (Å²) < 4.78 is 1.66. The van der Waals surface area contributed by atoms with Gasteiger partial charge in [-0.2, -0.15) is 0 Å². The van der Waals surface area contributed by atoms with Gasteiger partial charge in [0.1, 0.15) is 0 Å². The van der Waals surface area contributed by atoms with Crippen molar-refractivity contribution in [3.63, 3.8) is 0 Å². The number of thioether (sulfide) groups is 1. The Morgan fingerprint density at radius 3 is 2.58 bits per heavy atom. The number of pyridine rings is 2. The average molecular weight is 458 g/mol. The number of carbonyl (C=O) groups excluding carboxylic acids is 1. The number of aryl methyl sites for hydroxylation is 3. The lowest BCUT2D eigenvalue weighted by molar-refractivity contribution is -0.111. The summed E-state index contributed by atoms with van der Waals surface area (Å²) in [6.07, 6.45) is 9.90. The zero-order chi connectivity index (χ0) is 24.1. The van der Waals surface area contributed by atoms with Crippen LogP contribution in [0.25, 0.3) is 22.0 Å². The van der Waals surface area contributed by atoms with Crippen LogP contribution in [0.2, 0.25) is 0 Å². The summed E-state index contributed by atoms with van der Waals surface area (Å²) in [4.78, 5) is 30.1. The smallest absolute Gasteiger partial charge is 0.258 e. The van der Waals surface area contributed by atoms with E-state index in [1.54, 1.807) is 30.0 Å². The lowest BCUT2D eigenvalue weighted by atomic mass is 9.99. The van der Waals surface area contributed by atoms with Crippen LogP contribution in [0.1, 0.15) is 11.3 Å². The van der Waals surface area contributed by atoms with Crippen molar-refractivity contribution in [3.8, 4) is 11.1 Å². The Kier molecular flexibility index (Phi) is 7.51. The van der Waals surface area contributed by atoms with E-state index >= 15 is 0 Å². The van der Waals surface area contributed by atoms with Crippen LogP contribution in [0.15, 0.2) is 89.4 Å². The van der Waals surface area contributed by atoms with Gasteiger partial charge in [-0.3, -0.25) is 14.6 Å². The van der Waals surface area contributed by atoms with E-state index in [0.717, 1.165) is 33.4 Å². The van der Waals surface area contributed by atoms with Crippen LogP contribution in [-0.4, -0.2) is 21.6 Å². The molecule has 0 bridgehead atoms. The maximum absolute atomic E-state index is 13.2. The van der Waals surface area contributed by atoms with Crippen molar-refractivity contribution in [3.05, 3.63) is 106 Å². The number of ketones is 1. The summed E-state index contributed by atoms with van der Waals surface area (Å²) in [7, 11) is 1.78. The van der Waals surface area contributed by atoms with Crippen molar-refractivity contribution >= 4 is 34.1 Å². The Hall–Kier alpha value is -3.64. The molecule has 0 atom stereocenters. The first kappa shape index (κ1) is 24.0. The molecule has 0 aliphatic rings. The number of fused-ring (bicyclic) bond motifs is 1. The van der Waals surface area contributed by atoms with Gasteiger partial charge in [-0.15, -0.1) is 11.8 Å². The first-order chi connectivity index (χ1) is 15.8. The highest BCUT2D eigenvalue weighted by Crippen LogP contribution is 2.28. The van der Waals surface area contributed by atoms with Gasteiger partial charge in [0.15, 0.2) is 5.78 Å². The van der Waals surface area contributed by atoms with E-state index in [2.05, 4.69) is 23.5 Å². The van der Waals surface area contributed by atoms with Crippen molar-refractivity contribution in [2.24, 2.45) is 7.05 Å². The predicted octanol–water partition coefficient (Wildman–Crippen LogP) is 5.70. The molecule has 0 fully saturated rings. The minimum atomic E-state index is -0.166. The molecule has 168 valence electrons. The third kappa shape index (κ3) is 5.23. The van der Waals surface area contributed by atoms with E-state index in [9.17, 15) is 9.59 Å². The molecule has 1 aromatic carbocycles. The molecule has 6 heteroatoms. The van der Waals surface area contributed by atoms with Gasteiger partial charge in [0.2, 0.25) is 0 Å². The third-order valence-corrected chi connectivity index (χ3v) is 5.98. The molecule has 33 heavy (non-hydrogen) atoms. The first-order valence-corrected chi connectivity index (χ1v) is 11.6. The molecule has 2 aromatic heterocycles. The Labute approximate surface area is 198 Å². The van der Waals surface area contributed by atoms with E-state index in [-0.39, 0.29) is 11.3 Å². The number of anilines is 1. The lowest BCUT2D eigenvalue weighted by Crippen LogP contribution is -2.19. The van der Waals surface area contributed by atoms with Crippen molar-refractivity contribution in [2.75, 3.05) is 11.6 Å². The number of nitrogens with one attached hydrogen (secondary N) is 1. The maximum Gasteiger partial charge on any atom is 0.258 e. The summed E-state index contributed by atoms with van der Waals surface area (Å²) in [5.74, 6) is -0.166. The van der Waals surface area contributed by atoms with Crippen LogP contribution in [0.3, 0.4) is 0 Å². The molecular weight excluding hydrogens is 430 g/mol. The summed E-state index contributed by atoms with van der Waals surface area (Å²) in [6.45, 7) is 11.2. The molecule has 3 aromatic rings. The van der Waals surface area contributed by atoms with Crippen LogP contribution < -0.4 is 10.9 Å². The van der Waals surface area contributed by atoms with Crippen molar-refractivity contribution in [1.82, 2.24) is 9.55 Å².